The highest BCUT2D eigenvalue weighted by Gasteiger charge is 1.97. The molecule has 0 aliphatic rings. The first-order valence-electron chi connectivity index (χ1n) is 3.23. The van der Waals surface area contributed by atoms with Crippen LogP contribution in [0.25, 0.3) is 0 Å². The molecule has 1 N–H and O–H groups in total. The summed E-state index contributed by atoms with van der Waals surface area (Å²) in [7, 11) is 0. The van der Waals surface area contributed by atoms with Crippen LogP contribution in [-0.2, 0) is 9.53 Å². The Kier molecular flexibility index (Phi) is 6.64. The maximum atomic E-state index is 10.6. The molecule has 0 rings (SSSR count). The van der Waals surface area contributed by atoms with Crippen molar-refractivity contribution in [3.63, 3.8) is 0 Å². The third-order valence-electron chi connectivity index (χ3n) is 0.846. The van der Waals surface area contributed by atoms with Gasteiger partial charge in [0.05, 0.1) is 13.2 Å². The highest BCUT2D eigenvalue weighted by atomic mass is 35.5. The third-order valence-corrected chi connectivity index (χ3v) is 1.03. The van der Waals surface area contributed by atoms with E-state index < -0.39 is 0 Å². The molecular formula is C6H12ClNO2. The molecule has 0 saturated carbocycles. The van der Waals surface area contributed by atoms with Gasteiger partial charge >= 0.3 is 5.97 Å². The fourth-order valence-electron chi connectivity index (χ4n) is 0.469. The maximum Gasteiger partial charge on any atom is 0.319 e. The molecule has 0 aliphatic carbocycles. The lowest BCUT2D eigenvalue weighted by Crippen LogP contribution is -2.26. The Morgan fingerprint density at radius 1 is 1.70 bits per heavy atom. The molecule has 0 radical (unpaired) electrons. The third kappa shape index (κ3) is 5.85. The summed E-state index contributed by atoms with van der Waals surface area (Å²) >= 11 is 5.35. The van der Waals surface area contributed by atoms with Gasteiger partial charge in [0.25, 0.3) is 0 Å². The van der Waals surface area contributed by atoms with E-state index in [4.69, 9.17) is 11.6 Å². The number of esters is 1. The van der Waals surface area contributed by atoms with Gasteiger partial charge in [-0.3, -0.25) is 4.79 Å². The number of nitrogens with one attached hydrogen (secondary N) is 1. The summed E-state index contributed by atoms with van der Waals surface area (Å²) in [6.07, 6.45) is 0. The van der Waals surface area contributed by atoms with Crippen LogP contribution in [0.1, 0.15) is 6.92 Å². The van der Waals surface area contributed by atoms with E-state index in [1.807, 2.05) is 0 Å². The predicted molar refractivity (Wildman–Crippen MR) is 40.2 cm³/mol. The monoisotopic (exact) mass is 165 g/mol. The molecule has 0 aromatic heterocycles. The molecule has 0 amide bonds. The zero-order valence-corrected chi connectivity index (χ0v) is 6.78. The summed E-state index contributed by atoms with van der Waals surface area (Å²) in [5.74, 6) is 0.284. The lowest BCUT2D eigenvalue weighted by atomic mass is 10.6. The van der Waals surface area contributed by atoms with Crippen molar-refractivity contribution in [3.05, 3.63) is 0 Å². The van der Waals surface area contributed by atoms with Crippen LogP contribution in [0.3, 0.4) is 0 Å². The summed E-state index contributed by atoms with van der Waals surface area (Å²) in [5.41, 5.74) is 0. The molecule has 0 aromatic carbocycles. The number of rotatable bonds is 5. The molecule has 10 heavy (non-hydrogen) atoms. The molecule has 0 fully saturated rings. The number of ether oxygens (including phenoxy) is 1. The van der Waals surface area contributed by atoms with Crippen molar-refractivity contribution in [3.8, 4) is 0 Å². The van der Waals surface area contributed by atoms with Crippen molar-refractivity contribution >= 4 is 17.6 Å². The van der Waals surface area contributed by atoms with Crippen LogP contribution in [0.15, 0.2) is 0 Å². The average molecular weight is 166 g/mol. The molecular weight excluding hydrogens is 154 g/mol. The Morgan fingerprint density at radius 2 is 2.40 bits per heavy atom. The summed E-state index contributed by atoms with van der Waals surface area (Å²) in [6.45, 7) is 3.10. The molecule has 3 nitrogen and oxygen atoms in total. The first kappa shape index (κ1) is 9.72. The van der Waals surface area contributed by atoms with E-state index in [-0.39, 0.29) is 12.5 Å². The van der Waals surface area contributed by atoms with Crippen LogP contribution >= 0.6 is 11.6 Å². The van der Waals surface area contributed by atoms with Crippen molar-refractivity contribution in [2.75, 3.05) is 25.6 Å². The smallest absolute Gasteiger partial charge is 0.319 e. The maximum absolute atomic E-state index is 10.6. The second kappa shape index (κ2) is 6.83. The van der Waals surface area contributed by atoms with Crippen LogP contribution in [-0.4, -0.2) is 31.5 Å². The van der Waals surface area contributed by atoms with Crippen LogP contribution in [0.5, 0.6) is 0 Å². The van der Waals surface area contributed by atoms with Crippen LogP contribution in [0.2, 0.25) is 0 Å². The number of hydrogen-bond donors (Lipinski definition) is 1. The molecule has 0 aromatic rings. The molecule has 0 bridgehead atoms. The number of halogens is 1. The summed E-state index contributed by atoms with van der Waals surface area (Å²) in [6, 6.07) is 0. The van der Waals surface area contributed by atoms with Crippen molar-refractivity contribution in [2.45, 2.75) is 6.92 Å². The number of alkyl halides is 1. The lowest BCUT2D eigenvalue weighted by molar-refractivity contribution is -0.141. The highest BCUT2D eigenvalue weighted by molar-refractivity contribution is 6.18. The van der Waals surface area contributed by atoms with Crippen molar-refractivity contribution in [1.29, 1.82) is 0 Å². The fraction of sp³-hybridized carbons (Fsp3) is 0.833. The van der Waals surface area contributed by atoms with Gasteiger partial charge in [-0.2, -0.15) is 0 Å². The summed E-state index contributed by atoms with van der Waals surface area (Å²) in [4.78, 5) is 10.6. The Balaban J connectivity index is 3.05. The molecule has 0 heterocycles. The Labute approximate surface area is 65.7 Å². The summed E-state index contributed by atoms with van der Waals surface area (Å²) in [5, 5.41) is 2.81. The largest absolute Gasteiger partial charge is 0.465 e. The summed E-state index contributed by atoms with van der Waals surface area (Å²) < 4.78 is 4.64. The van der Waals surface area contributed by atoms with Gasteiger partial charge in [-0.05, 0) is 6.92 Å². The van der Waals surface area contributed by atoms with Crippen molar-refractivity contribution in [2.24, 2.45) is 0 Å². The van der Waals surface area contributed by atoms with Gasteiger partial charge in [-0.25, -0.2) is 0 Å². The molecule has 0 saturated heterocycles. The number of hydrogen-bond acceptors (Lipinski definition) is 3. The van der Waals surface area contributed by atoms with E-state index in [0.29, 0.717) is 19.0 Å². The zero-order chi connectivity index (χ0) is 7.82. The van der Waals surface area contributed by atoms with E-state index in [2.05, 4.69) is 10.1 Å². The van der Waals surface area contributed by atoms with Gasteiger partial charge in [0.1, 0.15) is 0 Å². The van der Waals surface area contributed by atoms with E-state index in [0.717, 1.165) is 0 Å². The van der Waals surface area contributed by atoms with Gasteiger partial charge in [0, 0.05) is 12.4 Å². The molecule has 0 aliphatic heterocycles. The predicted octanol–water partition coefficient (Wildman–Crippen LogP) is 0.378. The van der Waals surface area contributed by atoms with Crippen molar-refractivity contribution < 1.29 is 9.53 Å². The fourth-order valence-corrected chi connectivity index (χ4v) is 0.603. The minimum atomic E-state index is -0.229. The van der Waals surface area contributed by atoms with E-state index in [1.165, 1.54) is 0 Å². The second-order valence-corrected chi connectivity index (χ2v) is 2.05. The van der Waals surface area contributed by atoms with Crippen molar-refractivity contribution in [1.82, 2.24) is 5.32 Å². The second-order valence-electron chi connectivity index (χ2n) is 1.67. The first-order valence-corrected chi connectivity index (χ1v) is 3.77. The number of carbonyl (C=O) groups is 1. The lowest BCUT2D eigenvalue weighted by Gasteiger charge is -2.01. The quantitative estimate of drug-likeness (QED) is 0.364. The van der Waals surface area contributed by atoms with Crippen LogP contribution in [0.4, 0.5) is 0 Å². The normalized spacial score (nSPS) is 9.40. The van der Waals surface area contributed by atoms with E-state index in [1.54, 1.807) is 6.92 Å². The average Bonchev–Trinajstić information content (AvgIpc) is 1.89. The SMILES string of the molecule is CCOC(=O)CNCCCl. The van der Waals surface area contributed by atoms with Crippen LogP contribution < -0.4 is 5.32 Å². The minimum Gasteiger partial charge on any atom is -0.465 e. The Bertz CT molecular complexity index is 97.7. The van der Waals surface area contributed by atoms with E-state index >= 15 is 0 Å². The molecule has 0 unspecified atom stereocenters. The standard InChI is InChI=1S/C6H12ClNO2/c1-2-10-6(9)5-8-4-3-7/h8H,2-5H2,1H3. The van der Waals surface area contributed by atoms with Gasteiger partial charge in [-0.1, -0.05) is 0 Å². The van der Waals surface area contributed by atoms with Gasteiger partial charge in [0.15, 0.2) is 0 Å². The topological polar surface area (TPSA) is 38.3 Å². The van der Waals surface area contributed by atoms with Gasteiger partial charge < -0.3 is 10.1 Å². The Hall–Kier alpha value is -0.280. The minimum absolute atomic E-state index is 0.229. The first-order chi connectivity index (χ1) is 4.81. The molecule has 60 valence electrons. The molecule has 0 atom stereocenters. The number of carbonyl (C=O) groups excluding carboxylic acids is 1. The molecule has 4 heteroatoms. The van der Waals surface area contributed by atoms with Crippen LogP contribution in [0, 0.1) is 0 Å². The van der Waals surface area contributed by atoms with Gasteiger partial charge in [0.2, 0.25) is 0 Å². The highest BCUT2D eigenvalue weighted by Crippen LogP contribution is 1.75. The zero-order valence-electron chi connectivity index (χ0n) is 6.02. The van der Waals surface area contributed by atoms with E-state index in [9.17, 15) is 4.79 Å². The Morgan fingerprint density at radius 3 is 2.90 bits per heavy atom. The molecule has 0 spiro atoms. The van der Waals surface area contributed by atoms with Gasteiger partial charge in [-0.15, -0.1) is 11.6 Å².